The van der Waals surface area contributed by atoms with E-state index in [0.717, 1.165) is 12.5 Å². The highest BCUT2D eigenvalue weighted by atomic mass is 35.5. The van der Waals surface area contributed by atoms with E-state index in [1.54, 1.807) is 0 Å². The van der Waals surface area contributed by atoms with E-state index in [1.165, 1.54) is 12.1 Å². The summed E-state index contributed by atoms with van der Waals surface area (Å²) in [6.45, 7) is 2.40. The van der Waals surface area contributed by atoms with Crippen LogP contribution < -0.4 is 5.32 Å². The number of halogens is 2. The van der Waals surface area contributed by atoms with Gasteiger partial charge < -0.3 is 10.4 Å². The normalized spacial score (nSPS) is 12.2. The molecule has 94 valence electrons. The molecule has 0 spiro atoms. The van der Waals surface area contributed by atoms with Gasteiger partial charge in [0.15, 0.2) is 0 Å². The molecule has 1 rings (SSSR count). The van der Waals surface area contributed by atoms with E-state index in [4.69, 9.17) is 16.7 Å². The van der Waals surface area contributed by atoms with Gasteiger partial charge in [0.25, 0.3) is 5.91 Å². The number of hydrogen-bond donors (Lipinski definition) is 2. The number of alkyl halides is 1. The maximum atomic E-state index is 13.3. The Labute approximate surface area is 105 Å². The maximum Gasteiger partial charge on any atom is 0.254 e. The van der Waals surface area contributed by atoms with Crippen molar-refractivity contribution < 1.29 is 14.3 Å². The number of hydrogen-bond acceptors (Lipinski definition) is 2. The lowest BCUT2D eigenvalue weighted by Gasteiger charge is -2.11. The van der Waals surface area contributed by atoms with Crippen molar-refractivity contribution >= 4 is 17.5 Å². The number of carbonyl (C=O) groups is 1. The van der Waals surface area contributed by atoms with Crippen LogP contribution in [-0.4, -0.2) is 23.4 Å². The monoisotopic (exact) mass is 259 g/mol. The van der Waals surface area contributed by atoms with Crippen LogP contribution in [0.3, 0.4) is 0 Å². The van der Waals surface area contributed by atoms with E-state index in [1.807, 2.05) is 6.92 Å². The minimum Gasteiger partial charge on any atom is -0.508 e. The van der Waals surface area contributed by atoms with Gasteiger partial charge in [0.1, 0.15) is 11.6 Å². The average molecular weight is 260 g/mol. The zero-order valence-corrected chi connectivity index (χ0v) is 10.3. The fourth-order valence-corrected chi connectivity index (χ4v) is 1.71. The quantitative estimate of drug-likeness (QED) is 0.799. The molecular formula is C12H15ClFNO2. The van der Waals surface area contributed by atoms with Crippen LogP contribution in [-0.2, 0) is 0 Å². The number of benzene rings is 1. The second-order valence-corrected chi connectivity index (χ2v) is 4.33. The van der Waals surface area contributed by atoms with Gasteiger partial charge in [0.2, 0.25) is 0 Å². The summed E-state index contributed by atoms with van der Waals surface area (Å²) in [6.07, 6.45) is 0.792. The van der Waals surface area contributed by atoms with Gasteiger partial charge in [0.05, 0.1) is 5.56 Å². The van der Waals surface area contributed by atoms with Gasteiger partial charge in [0, 0.05) is 18.5 Å². The van der Waals surface area contributed by atoms with Gasteiger partial charge in [-0.1, -0.05) is 6.92 Å². The molecule has 0 saturated heterocycles. The molecule has 0 heterocycles. The van der Waals surface area contributed by atoms with Gasteiger partial charge >= 0.3 is 0 Å². The Morgan fingerprint density at radius 2 is 2.29 bits per heavy atom. The molecule has 0 fully saturated rings. The van der Waals surface area contributed by atoms with Gasteiger partial charge in [-0.15, -0.1) is 11.6 Å². The topological polar surface area (TPSA) is 49.3 Å². The Bertz CT molecular complexity index is 398. The molecule has 0 radical (unpaired) electrons. The lowest BCUT2D eigenvalue weighted by atomic mass is 10.1. The summed E-state index contributed by atoms with van der Waals surface area (Å²) in [6, 6.07) is 3.45. The van der Waals surface area contributed by atoms with E-state index in [9.17, 15) is 9.18 Å². The highest BCUT2D eigenvalue weighted by Crippen LogP contribution is 2.15. The SMILES string of the molecule is CC(CCCl)CNC(=O)c1ccc(O)cc1F. The summed E-state index contributed by atoms with van der Waals surface area (Å²) in [5.74, 6) is -0.632. The van der Waals surface area contributed by atoms with Crippen LogP contribution >= 0.6 is 11.6 Å². The van der Waals surface area contributed by atoms with Crippen LogP contribution in [0, 0.1) is 11.7 Å². The number of phenols is 1. The first-order valence-electron chi connectivity index (χ1n) is 5.37. The van der Waals surface area contributed by atoms with Crippen LogP contribution in [0.25, 0.3) is 0 Å². The predicted molar refractivity (Wildman–Crippen MR) is 64.9 cm³/mol. The average Bonchev–Trinajstić information content (AvgIpc) is 2.26. The largest absolute Gasteiger partial charge is 0.508 e. The lowest BCUT2D eigenvalue weighted by Crippen LogP contribution is -2.29. The summed E-state index contributed by atoms with van der Waals surface area (Å²) in [7, 11) is 0. The van der Waals surface area contributed by atoms with Gasteiger partial charge in [-0.3, -0.25) is 4.79 Å². The Morgan fingerprint density at radius 3 is 2.88 bits per heavy atom. The third-order valence-corrected chi connectivity index (χ3v) is 2.63. The number of nitrogens with one attached hydrogen (secondary N) is 1. The smallest absolute Gasteiger partial charge is 0.254 e. The molecule has 3 nitrogen and oxygen atoms in total. The molecule has 0 bridgehead atoms. The Morgan fingerprint density at radius 1 is 1.59 bits per heavy atom. The van der Waals surface area contributed by atoms with Gasteiger partial charge in [-0.25, -0.2) is 4.39 Å². The molecule has 0 saturated carbocycles. The van der Waals surface area contributed by atoms with Gasteiger partial charge in [-0.2, -0.15) is 0 Å². The van der Waals surface area contributed by atoms with Crippen molar-refractivity contribution in [2.75, 3.05) is 12.4 Å². The molecule has 0 aliphatic carbocycles. The second-order valence-electron chi connectivity index (χ2n) is 3.96. The van der Waals surface area contributed by atoms with Crippen LogP contribution in [0.2, 0.25) is 0 Å². The van der Waals surface area contributed by atoms with Crippen molar-refractivity contribution in [1.29, 1.82) is 0 Å². The third-order valence-electron chi connectivity index (χ3n) is 2.41. The van der Waals surface area contributed by atoms with Crippen molar-refractivity contribution in [2.45, 2.75) is 13.3 Å². The van der Waals surface area contributed by atoms with E-state index < -0.39 is 11.7 Å². The molecule has 1 aromatic rings. The molecule has 5 heteroatoms. The van der Waals surface area contributed by atoms with Crippen LogP contribution in [0.15, 0.2) is 18.2 Å². The van der Waals surface area contributed by atoms with Crippen molar-refractivity contribution in [3.8, 4) is 5.75 Å². The van der Waals surface area contributed by atoms with Crippen LogP contribution in [0.1, 0.15) is 23.7 Å². The second kappa shape index (κ2) is 6.45. The minimum absolute atomic E-state index is 0.0686. The number of phenolic OH excluding ortho intramolecular Hbond substituents is 1. The highest BCUT2D eigenvalue weighted by molar-refractivity contribution is 6.17. The predicted octanol–water partition coefficient (Wildman–Crippen LogP) is 2.53. The summed E-state index contributed by atoms with van der Waals surface area (Å²) in [5, 5.41) is 11.6. The molecule has 0 aliphatic rings. The molecule has 0 aliphatic heterocycles. The summed E-state index contributed by atoms with van der Waals surface area (Å²) in [5.41, 5.74) is -0.0686. The fourth-order valence-electron chi connectivity index (χ4n) is 1.34. The summed E-state index contributed by atoms with van der Waals surface area (Å²) in [4.78, 5) is 11.6. The van der Waals surface area contributed by atoms with Crippen molar-refractivity contribution in [3.63, 3.8) is 0 Å². The molecule has 1 aromatic carbocycles. The number of rotatable bonds is 5. The third kappa shape index (κ3) is 4.23. The molecule has 0 aromatic heterocycles. The van der Waals surface area contributed by atoms with Crippen molar-refractivity contribution in [3.05, 3.63) is 29.6 Å². The van der Waals surface area contributed by atoms with Crippen molar-refractivity contribution in [1.82, 2.24) is 5.32 Å². The first-order valence-corrected chi connectivity index (χ1v) is 5.90. The van der Waals surface area contributed by atoms with Crippen molar-refractivity contribution in [2.24, 2.45) is 5.92 Å². The lowest BCUT2D eigenvalue weighted by molar-refractivity contribution is 0.0944. The molecule has 1 atom stereocenters. The molecule has 1 amide bonds. The standard InChI is InChI=1S/C12H15ClFNO2/c1-8(4-5-13)7-15-12(17)10-3-2-9(16)6-11(10)14/h2-3,6,8,16H,4-5,7H2,1H3,(H,15,17). The molecule has 1 unspecified atom stereocenters. The number of aromatic hydroxyl groups is 1. The van der Waals surface area contributed by atoms with E-state index in [-0.39, 0.29) is 17.2 Å². The first-order chi connectivity index (χ1) is 8.04. The van der Waals surface area contributed by atoms with Gasteiger partial charge in [-0.05, 0) is 24.5 Å². The highest BCUT2D eigenvalue weighted by Gasteiger charge is 2.12. The zero-order valence-electron chi connectivity index (χ0n) is 9.54. The maximum absolute atomic E-state index is 13.3. The van der Waals surface area contributed by atoms with Crippen LogP contribution in [0.4, 0.5) is 4.39 Å². The van der Waals surface area contributed by atoms with E-state index in [0.29, 0.717) is 12.4 Å². The fraction of sp³-hybridized carbons (Fsp3) is 0.417. The van der Waals surface area contributed by atoms with E-state index >= 15 is 0 Å². The number of carbonyl (C=O) groups excluding carboxylic acids is 1. The molecule has 2 N–H and O–H groups in total. The zero-order chi connectivity index (χ0) is 12.8. The summed E-state index contributed by atoms with van der Waals surface area (Å²) < 4.78 is 13.3. The van der Waals surface area contributed by atoms with Crippen LogP contribution in [0.5, 0.6) is 5.75 Å². The summed E-state index contributed by atoms with van der Waals surface area (Å²) >= 11 is 5.57. The Kier molecular flexibility index (Phi) is 5.22. The van der Waals surface area contributed by atoms with E-state index in [2.05, 4.69) is 5.32 Å². The number of amides is 1. The molecule has 17 heavy (non-hydrogen) atoms. The molecular weight excluding hydrogens is 245 g/mol. The Hall–Kier alpha value is -1.29. The Balaban J connectivity index is 2.58. The minimum atomic E-state index is -0.729. The first kappa shape index (κ1) is 13.8.